The Bertz CT molecular complexity index is 496. The van der Waals surface area contributed by atoms with Crippen LogP contribution in [-0.2, 0) is 0 Å². The molecule has 6 heteroatoms. The van der Waals surface area contributed by atoms with Crippen molar-refractivity contribution in [3.05, 3.63) is 11.9 Å². The molecule has 3 N–H and O–H groups in total. The van der Waals surface area contributed by atoms with Crippen LogP contribution in [0, 0.1) is 12.8 Å². The largest absolute Gasteiger partial charge is 0.353 e. The highest BCUT2D eigenvalue weighted by atomic mass is 15.3. The number of aromatic nitrogens is 5. The van der Waals surface area contributed by atoms with Crippen LogP contribution in [0.3, 0.4) is 0 Å². The van der Waals surface area contributed by atoms with E-state index in [-0.39, 0.29) is 0 Å². The van der Waals surface area contributed by atoms with E-state index >= 15 is 0 Å². The molecule has 90 valence electrons. The first-order chi connectivity index (χ1) is 8.33. The van der Waals surface area contributed by atoms with Crippen molar-refractivity contribution in [1.82, 2.24) is 25.4 Å². The molecule has 2 aromatic heterocycles. The number of hydrogen-bond acceptors (Lipinski definition) is 4. The summed E-state index contributed by atoms with van der Waals surface area (Å²) in [4.78, 5) is 4.41. The Hall–Kier alpha value is -1.85. The second-order valence-corrected chi connectivity index (χ2v) is 4.59. The van der Waals surface area contributed by atoms with Crippen LogP contribution in [0.25, 0.3) is 11.4 Å². The van der Waals surface area contributed by atoms with Crippen LogP contribution >= 0.6 is 0 Å². The zero-order valence-electron chi connectivity index (χ0n) is 9.82. The Labute approximate surface area is 99.2 Å². The molecule has 0 saturated heterocycles. The minimum atomic E-state index is 0.674. The smallest absolute Gasteiger partial charge is 0.242 e. The third kappa shape index (κ3) is 2.02. The summed E-state index contributed by atoms with van der Waals surface area (Å²) in [5, 5.41) is 17.2. The monoisotopic (exact) mass is 232 g/mol. The van der Waals surface area contributed by atoms with Crippen molar-refractivity contribution in [3.8, 4) is 11.4 Å². The molecule has 1 saturated carbocycles. The Kier molecular flexibility index (Phi) is 2.55. The fourth-order valence-electron chi connectivity index (χ4n) is 1.98. The number of rotatable bonds is 4. The van der Waals surface area contributed by atoms with Gasteiger partial charge >= 0.3 is 0 Å². The number of aromatic amines is 2. The van der Waals surface area contributed by atoms with Gasteiger partial charge < -0.3 is 5.32 Å². The maximum Gasteiger partial charge on any atom is 0.242 e. The Morgan fingerprint density at radius 3 is 2.94 bits per heavy atom. The number of aryl methyl sites for hydroxylation is 1. The van der Waals surface area contributed by atoms with E-state index in [1.54, 1.807) is 6.20 Å². The quantitative estimate of drug-likeness (QED) is 0.749. The Morgan fingerprint density at radius 1 is 1.41 bits per heavy atom. The first-order valence-electron chi connectivity index (χ1n) is 5.99. The minimum Gasteiger partial charge on any atom is -0.353 e. The first kappa shape index (κ1) is 10.3. The van der Waals surface area contributed by atoms with E-state index in [1.807, 2.05) is 6.92 Å². The molecule has 0 amide bonds. The molecular formula is C11H16N6. The van der Waals surface area contributed by atoms with E-state index in [0.717, 1.165) is 29.5 Å². The summed E-state index contributed by atoms with van der Waals surface area (Å²) in [6.45, 7) is 2.94. The number of nitrogens with one attached hydrogen (secondary N) is 3. The number of anilines is 1. The molecule has 0 aliphatic heterocycles. The topological polar surface area (TPSA) is 82.3 Å². The van der Waals surface area contributed by atoms with Crippen LogP contribution in [-0.4, -0.2) is 31.9 Å². The van der Waals surface area contributed by atoms with Crippen molar-refractivity contribution < 1.29 is 0 Å². The van der Waals surface area contributed by atoms with Crippen LogP contribution in [0.4, 0.5) is 5.95 Å². The van der Waals surface area contributed by atoms with Gasteiger partial charge in [-0.3, -0.25) is 10.2 Å². The zero-order valence-corrected chi connectivity index (χ0v) is 9.82. The molecule has 0 atom stereocenters. The van der Waals surface area contributed by atoms with E-state index in [0.29, 0.717) is 5.95 Å². The lowest BCUT2D eigenvalue weighted by Gasteiger charge is -2.24. The third-order valence-electron chi connectivity index (χ3n) is 3.34. The number of nitrogens with zero attached hydrogens (tertiary/aromatic N) is 3. The molecule has 17 heavy (non-hydrogen) atoms. The van der Waals surface area contributed by atoms with Crippen LogP contribution in [0.15, 0.2) is 6.20 Å². The molecule has 2 aromatic rings. The molecule has 3 rings (SSSR count). The molecule has 0 unspecified atom stereocenters. The van der Waals surface area contributed by atoms with Crippen LogP contribution < -0.4 is 5.32 Å². The van der Waals surface area contributed by atoms with Crippen LogP contribution in [0.5, 0.6) is 0 Å². The van der Waals surface area contributed by atoms with Crippen molar-refractivity contribution in [1.29, 1.82) is 0 Å². The molecule has 6 nitrogen and oxygen atoms in total. The third-order valence-corrected chi connectivity index (χ3v) is 3.34. The molecular weight excluding hydrogens is 216 g/mol. The van der Waals surface area contributed by atoms with E-state index in [2.05, 4.69) is 30.7 Å². The predicted molar refractivity (Wildman–Crippen MR) is 64.5 cm³/mol. The van der Waals surface area contributed by atoms with Gasteiger partial charge in [-0.15, -0.1) is 5.10 Å². The van der Waals surface area contributed by atoms with E-state index < -0.39 is 0 Å². The zero-order chi connectivity index (χ0) is 11.7. The summed E-state index contributed by atoms with van der Waals surface area (Å²) in [6.07, 6.45) is 5.77. The highest BCUT2D eigenvalue weighted by Crippen LogP contribution is 2.26. The Balaban J connectivity index is 1.67. The minimum absolute atomic E-state index is 0.674. The van der Waals surface area contributed by atoms with E-state index in [4.69, 9.17) is 0 Å². The fourth-order valence-corrected chi connectivity index (χ4v) is 1.98. The summed E-state index contributed by atoms with van der Waals surface area (Å²) in [5.41, 5.74) is 1.96. The van der Waals surface area contributed by atoms with Gasteiger partial charge in [0.25, 0.3) is 0 Å². The van der Waals surface area contributed by atoms with Gasteiger partial charge in [0.15, 0.2) is 5.82 Å². The number of H-pyrrole nitrogens is 2. The number of hydrogen-bond donors (Lipinski definition) is 3. The van der Waals surface area contributed by atoms with Crippen molar-refractivity contribution in [2.45, 2.75) is 26.2 Å². The van der Waals surface area contributed by atoms with Crippen molar-refractivity contribution in [2.24, 2.45) is 5.92 Å². The summed E-state index contributed by atoms with van der Waals surface area (Å²) < 4.78 is 0. The first-order valence-corrected chi connectivity index (χ1v) is 5.99. The normalized spacial score (nSPS) is 15.8. The van der Waals surface area contributed by atoms with Crippen molar-refractivity contribution in [2.75, 3.05) is 11.9 Å². The summed E-state index contributed by atoms with van der Waals surface area (Å²) in [7, 11) is 0. The van der Waals surface area contributed by atoms with Crippen molar-refractivity contribution >= 4 is 5.95 Å². The summed E-state index contributed by atoms with van der Waals surface area (Å²) in [6, 6.07) is 0. The summed E-state index contributed by atoms with van der Waals surface area (Å²) in [5.74, 6) is 2.23. The lowest BCUT2D eigenvalue weighted by molar-refractivity contribution is 0.333. The van der Waals surface area contributed by atoms with Gasteiger partial charge in [-0.1, -0.05) is 6.42 Å². The molecule has 1 aliphatic carbocycles. The highest BCUT2D eigenvalue weighted by Gasteiger charge is 2.17. The maximum absolute atomic E-state index is 4.41. The second kappa shape index (κ2) is 4.20. The van der Waals surface area contributed by atoms with Gasteiger partial charge in [0.05, 0.1) is 11.8 Å². The molecule has 1 aliphatic rings. The Morgan fingerprint density at radius 2 is 2.29 bits per heavy atom. The predicted octanol–water partition coefficient (Wildman–Crippen LogP) is 1.72. The highest BCUT2D eigenvalue weighted by molar-refractivity contribution is 5.57. The van der Waals surface area contributed by atoms with E-state index in [9.17, 15) is 0 Å². The van der Waals surface area contributed by atoms with Crippen molar-refractivity contribution in [3.63, 3.8) is 0 Å². The van der Waals surface area contributed by atoms with Gasteiger partial charge in [-0.05, 0) is 25.7 Å². The molecule has 1 fully saturated rings. The van der Waals surface area contributed by atoms with Gasteiger partial charge in [0.1, 0.15) is 0 Å². The average molecular weight is 232 g/mol. The average Bonchev–Trinajstić information content (AvgIpc) is 2.84. The van der Waals surface area contributed by atoms with Crippen LogP contribution in [0.1, 0.15) is 25.0 Å². The van der Waals surface area contributed by atoms with Gasteiger partial charge in [-0.2, -0.15) is 10.1 Å². The molecule has 0 bridgehead atoms. The van der Waals surface area contributed by atoms with Crippen LogP contribution in [0.2, 0.25) is 0 Å². The second-order valence-electron chi connectivity index (χ2n) is 4.59. The van der Waals surface area contributed by atoms with E-state index in [1.165, 1.54) is 19.3 Å². The molecule has 0 radical (unpaired) electrons. The fraction of sp³-hybridized carbons (Fsp3) is 0.545. The lowest BCUT2D eigenvalue weighted by Crippen LogP contribution is -2.21. The molecule has 0 aromatic carbocycles. The van der Waals surface area contributed by atoms with Gasteiger partial charge in [-0.25, -0.2) is 0 Å². The molecule has 2 heterocycles. The van der Waals surface area contributed by atoms with Gasteiger partial charge in [0.2, 0.25) is 5.95 Å². The summed E-state index contributed by atoms with van der Waals surface area (Å²) >= 11 is 0. The maximum atomic E-state index is 4.41. The lowest BCUT2D eigenvalue weighted by atomic mass is 9.85. The van der Waals surface area contributed by atoms with Gasteiger partial charge in [0, 0.05) is 12.2 Å². The standard InChI is InChI=1S/C11H16N6/c1-7-9(6-13-15-7)10-14-11(17-16-10)12-5-8-3-2-4-8/h6,8H,2-5H2,1H3,(H,13,15)(H2,12,14,16,17). The SMILES string of the molecule is Cc1[nH]ncc1-c1nc(NCC2CCC2)n[nH]1. The molecule has 0 spiro atoms.